The summed E-state index contributed by atoms with van der Waals surface area (Å²) < 4.78 is 11.4. The number of methoxy groups -OCH3 is 2. The molecular weight excluding hydrogens is 286 g/mol. The van der Waals surface area contributed by atoms with Gasteiger partial charge in [-0.2, -0.15) is 0 Å². The predicted octanol–water partition coefficient (Wildman–Crippen LogP) is 4.91. The molecule has 0 spiro atoms. The first-order chi connectivity index (χ1) is 11.3. The number of hydrogen-bond acceptors (Lipinski definition) is 3. The summed E-state index contributed by atoms with van der Waals surface area (Å²) in [6, 6.07) is 1.79. The van der Waals surface area contributed by atoms with E-state index in [1.54, 1.807) is 14.2 Å². The molecule has 1 atom stereocenters. The quantitative estimate of drug-likeness (QED) is 0.444. The zero-order valence-corrected chi connectivity index (χ0v) is 15.3. The SMILES string of the molecule is C=CCCC(C(OC)OC)N(C1CCCCC1)C1CCCCC1. The Balaban J connectivity index is 2.19. The van der Waals surface area contributed by atoms with Gasteiger partial charge in [-0.05, 0) is 38.5 Å². The van der Waals surface area contributed by atoms with Gasteiger partial charge in [0.25, 0.3) is 0 Å². The molecule has 0 N–H and O–H groups in total. The van der Waals surface area contributed by atoms with Crippen LogP contribution in [0.25, 0.3) is 0 Å². The van der Waals surface area contributed by atoms with Crippen molar-refractivity contribution in [3.63, 3.8) is 0 Å². The largest absolute Gasteiger partial charge is 0.354 e. The summed E-state index contributed by atoms with van der Waals surface area (Å²) in [5, 5.41) is 0. The summed E-state index contributed by atoms with van der Waals surface area (Å²) in [7, 11) is 3.57. The third-order valence-corrected chi connectivity index (χ3v) is 5.82. The van der Waals surface area contributed by atoms with Crippen molar-refractivity contribution in [2.24, 2.45) is 0 Å². The van der Waals surface area contributed by atoms with Crippen LogP contribution >= 0.6 is 0 Å². The minimum absolute atomic E-state index is 0.126. The van der Waals surface area contributed by atoms with Gasteiger partial charge in [-0.1, -0.05) is 44.6 Å². The third kappa shape index (κ3) is 5.30. The minimum atomic E-state index is -0.126. The molecule has 0 saturated heterocycles. The van der Waals surface area contributed by atoms with E-state index in [0.29, 0.717) is 6.04 Å². The van der Waals surface area contributed by atoms with E-state index in [1.807, 2.05) is 6.08 Å². The van der Waals surface area contributed by atoms with Gasteiger partial charge in [0.2, 0.25) is 0 Å². The zero-order chi connectivity index (χ0) is 16.5. The lowest BCUT2D eigenvalue weighted by Gasteiger charge is -2.47. The standard InChI is InChI=1S/C20H37NO2/c1-4-5-16-19(20(22-2)23-3)21(17-12-8-6-9-13-17)18-14-10-7-11-15-18/h4,17-20H,1,5-16H2,2-3H3. The van der Waals surface area contributed by atoms with Crippen molar-refractivity contribution in [2.45, 2.75) is 101 Å². The summed E-state index contributed by atoms with van der Waals surface area (Å²) in [6.07, 6.45) is 17.8. The highest BCUT2D eigenvalue weighted by molar-refractivity contribution is 4.91. The molecule has 0 aromatic rings. The molecule has 1 unspecified atom stereocenters. The lowest BCUT2D eigenvalue weighted by Crippen LogP contribution is -2.55. The predicted molar refractivity (Wildman–Crippen MR) is 96.6 cm³/mol. The van der Waals surface area contributed by atoms with Crippen LogP contribution in [0.4, 0.5) is 0 Å². The summed E-state index contributed by atoms with van der Waals surface area (Å²) in [5.41, 5.74) is 0. The lowest BCUT2D eigenvalue weighted by molar-refractivity contribution is -0.165. The Morgan fingerprint density at radius 1 is 0.913 bits per heavy atom. The van der Waals surface area contributed by atoms with Crippen molar-refractivity contribution in [3.05, 3.63) is 12.7 Å². The molecule has 0 aromatic heterocycles. The molecule has 0 bridgehead atoms. The minimum Gasteiger partial charge on any atom is -0.354 e. The molecule has 2 rings (SSSR count). The van der Waals surface area contributed by atoms with E-state index in [9.17, 15) is 0 Å². The molecule has 0 heterocycles. The van der Waals surface area contributed by atoms with Crippen molar-refractivity contribution in [2.75, 3.05) is 14.2 Å². The molecule has 0 aromatic carbocycles. The number of rotatable bonds is 9. The average Bonchev–Trinajstić information content (AvgIpc) is 2.62. The van der Waals surface area contributed by atoms with Crippen LogP contribution in [0.15, 0.2) is 12.7 Å². The van der Waals surface area contributed by atoms with Crippen LogP contribution < -0.4 is 0 Å². The third-order valence-electron chi connectivity index (χ3n) is 5.82. The fourth-order valence-electron chi connectivity index (χ4n) is 4.72. The van der Waals surface area contributed by atoms with E-state index < -0.39 is 0 Å². The first-order valence-electron chi connectivity index (χ1n) is 9.75. The van der Waals surface area contributed by atoms with Gasteiger partial charge in [0, 0.05) is 26.3 Å². The van der Waals surface area contributed by atoms with Crippen molar-refractivity contribution >= 4 is 0 Å². The smallest absolute Gasteiger partial charge is 0.172 e. The molecule has 3 heteroatoms. The molecule has 3 nitrogen and oxygen atoms in total. The summed E-state index contributed by atoms with van der Waals surface area (Å²) in [6.45, 7) is 3.93. The highest BCUT2D eigenvalue weighted by atomic mass is 16.7. The lowest BCUT2D eigenvalue weighted by atomic mass is 9.86. The maximum Gasteiger partial charge on any atom is 0.172 e. The van der Waals surface area contributed by atoms with Crippen molar-refractivity contribution < 1.29 is 9.47 Å². The van der Waals surface area contributed by atoms with Gasteiger partial charge in [0.05, 0.1) is 6.04 Å². The second kappa shape index (κ2) is 10.5. The van der Waals surface area contributed by atoms with Crippen LogP contribution in [-0.2, 0) is 9.47 Å². The maximum absolute atomic E-state index is 5.72. The Hall–Kier alpha value is -0.380. The van der Waals surface area contributed by atoms with Crippen LogP contribution in [0.3, 0.4) is 0 Å². The monoisotopic (exact) mass is 323 g/mol. The molecule has 2 aliphatic rings. The van der Waals surface area contributed by atoms with Gasteiger partial charge in [-0.3, -0.25) is 4.90 Å². The molecule has 0 aliphatic heterocycles. The second-order valence-corrected chi connectivity index (χ2v) is 7.30. The van der Waals surface area contributed by atoms with E-state index in [2.05, 4.69) is 11.5 Å². The summed E-state index contributed by atoms with van der Waals surface area (Å²) >= 11 is 0. The number of nitrogens with zero attached hydrogens (tertiary/aromatic N) is 1. The Labute approximate surface area is 143 Å². The van der Waals surface area contributed by atoms with Crippen LogP contribution in [0.2, 0.25) is 0 Å². The van der Waals surface area contributed by atoms with Crippen molar-refractivity contribution in [3.8, 4) is 0 Å². The van der Waals surface area contributed by atoms with Gasteiger partial charge in [-0.15, -0.1) is 6.58 Å². The van der Waals surface area contributed by atoms with E-state index >= 15 is 0 Å². The highest BCUT2D eigenvalue weighted by Gasteiger charge is 2.37. The fraction of sp³-hybridized carbons (Fsp3) is 0.900. The number of allylic oxidation sites excluding steroid dienone is 1. The molecular formula is C20H37NO2. The van der Waals surface area contributed by atoms with Gasteiger partial charge in [-0.25, -0.2) is 0 Å². The molecule has 0 amide bonds. The summed E-state index contributed by atoms with van der Waals surface area (Å²) in [4.78, 5) is 2.83. The normalized spacial score (nSPS) is 22.6. The second-order valence-electron chi connectivity index (χ2n) is 7.30. The Morgan fingerprint density at radius 2 is 1.39 bits per heavy atom. The van der Waals surface area contributed by atoms with Crippen molar-refractivity contribution in [1.82, 2.24) is 4.90 Å². The Bertz CT molecular complexity index is 300. The maximum atomic E-state index is 5.72. The van der Waals surface area contributed by atoms with E-state index in [-0.39, 0.29) is 6.29 Å². The van der Waals surface area contributed by atoms with E-state index in [4.69, 9.17) is 9.47 Å². The van der Waals surface area contributed by atoms with E-state index in [0.717, 1.165) is 24.9 Å². The van der Waals surface area contributed by atoms with Crippen LogP contribution in [0.1, 0.15) is 77.0 Å². The molecule has 2 saturated carbocycles. The highest BCUT2D eigenvalue weighted by Crippen LogP contribution is 2.34. The zero-order valence-electron chi connectivity index (χ0n) is 15.3. The Morgan fingerprint density at radius 3 is 1.78 bits per heavy atom. The Kier molecular flexibility index (Phi) is 8.63. The first kappa shape index (κ1) is 19.0. The summed E-state index contributed by atoms with van der Waals surface area (Å²) in [5.74, 6) is 0. The van der Waals surface area contributed by atoms with Gasteiger partial charge in [0.15, 0.2) is 6.29 Å². The fourth-order valence-corrected chi connectivity index (χ4v) is 4.72. The number of ether oxygens (including phenoxy) is 2. The van der Waals surface area contributed by atoms with E-state index in [1.165, 1.54) is 64.2 Å². The van der Waals surface area contributed by atoms with Crippen molar-refractivity contribution in [1.29, 1.82) is 0 Å². The van der Waals surface area contributed by atoms with Gasteiger partial charge >= 0.3 is 0 Å². The average molecular weight is 324 g/mol. The first-order valence-corrected chi connectivity index (χ1v) is 9.75. The van der Waals surface area contributed by atoms with Gasteiger partial charge in [0.1, 0.15) is 0 Å². The number of hydrogen-bond donors (Lipinski definition) is 0. The topological polar surface area (TPSA) is 21.7 Å². The van der Waals surface area contributed by atoms with Crippen LogP contribution in [0.5, 0.6) is 0 Å². The van der Waals surface area contributed by atoms with Crippen LogP contribution in [-0.4, -0.2) is 43.5 Å². The molecule has 23 heavy (non-hydrogen) atoms. The van der Waals surface area contributed by atoms with Crippen LogP contribution in [0, 0.1) is 0 Å². The molecule has 0 radical (unpaired) electrons. The molecule has 134 valence electrons. The molecule has 2 aliphatic carbocycles. The molecule has 2 fully saturated rings. The van der Waals surface area contributed by atoms with Gasteiger partial charge < -0.3 is 9.47 Å².